The Morgan fingerprint density at radius 2 is 2.12 bits per heavy atom. The van der Waals surface area contributed by atoms with Crippen molar-refractivity contribution in [3.63, 3.8) is 0 Å². The summed E-state index contributed by atoms with van der Waals surface area (Å²) in [5.41, 5.74) is 5.47. The molecule has 0 saturated carbocycles. The minimum atomic E-state index is -1.11. The molecule has 0 fully saturated rings. The molecule has 0 aromatic rings. The number of carbonyl (C=O) groups is 2. The number of hydrogen-bond donors (Lipinski definition) is 5. The van der Waals surface area contributed by atoms with Crippen molar-refractivity contribution in [1.29, 1.82) is 5.41 Å². The van der Waals surface area contributed by atoms with E-state index < -0.39 is 30.1 Å². The first-order chi connectivity index (χ1) is 11.8. The molecule has 0 aliphatic heterocycles. The van der Waals surface area contributed by atoms with Crippen LogP contribution in [0.5, 0.6) is 0 Å². The van der Waals surface area contributed by atoms with Gasteiger partial charge in [-0.3, -0.25) is 10.2 Å². The normalized spacial score (nSPS) is 23.4. The Hall–Kier alpha value is -2.42. The van der Waals surface area contributed by atoms with Crippen molar-refractivity contribution < 1.29 is 23.8 Å². The number of hydrogen-bond acceptors (Lipinski definition) is 4. The van der Waals surface area contributed by atoms with Crippen molar-refractivity contribution >= 4 is 17.8 Å². The van der Waals surface area contributed by atoms with Crippen LogP contribution in [-0.4, -0.2) is 47.2 Å². The molecule has 0 radical (unpaired) electrons. The van der Waals surface area contributed by atoms with Gasteiger partial charge in [0.25, 0.3) is 0 Å². The highest BCUT2D eigenvalue weighted by atomic mass is 19.1. The summed E-state index contributed by atoms with van der Waals surface area (Å²) < 4.78 is 18.2. The van der Waals surface area contributed by atoms with Gasteiger partial charge in [0.2, 0.25) is 5.91 Å². The van der Waals surface area contributed by atoms with Crippen molar-refractivity contribution in [1.82, 2.24) is 10.6 Å². The van der Waals surface area contributed by atoms with E-state index in [2.05, 4.69) is 10.6 Å². The maximum Gasteiger partial charge on any atom is 0.331 e. The van der Waals surface area contributed by atoms with E-state index in [0.717, 1.165) is 6.08 Å². The molecule has 3 atom stereocenters. The van der Waals surface area contributed by atoms with Gasteiger partial charge in [0.15, 0.2) is 5.96 Å². The van der Waals surface area contributed by atoms with Crippen molar-refractivity contribution in [2.24, 2.45) is 5.73 Å². The standard InChI is InChI=1S/C16H25FN4O4/c1-3-10(4-2)25-12-8-9(15(23)24)7-11(20-16(18)19)14(12)21-13(22)5-6-17/h5-6,8,10-12,14H,3-4,7H2,1-2H3,(H,21,22)(H,23,24)(H4,18,19,20)/t11-,12+,14+/m0/s1. The Bertz CT molecular complexity index is 560. The van der Waals surface area contributed by atoms with Gasteiger partial charge in [0.1, 0.15) is 0 Å². The van der Waals surface area contributed by atoms with Crippen LogP contribution in [0.3, 0.4) is 0 Å². The lowest BCUT2D eigenvalue weighted by Crippen LogP contribution is -2.60. The topological polar surface area (TPSA) is 138 Å². The first-order valence-corrected chi connectivity index (χ1v) is 8.09. The van der Waals surface area contributed by atoms with Gasteiger partial charge in [0.05, 0.1) is 30.6 Å². The zero-order valence-electron chi connectivity index (χ0n) is 14.3. The maximum atomic E-state index is 12.3. The Labute approximate surface area is 145 Å². The van der Waals surface area contributed by atoms with E-state index in [1.807, 2.05) is 13.8 Å². The first kappa shape index (κ1) is 20.6. The lowest BCUT2D eigenvalue weighted by molar-refractivity contribution is -0.133. The third kappa shape index (κ3) is 6.18. The van der Waals surface area contributed by atoms with Gasteiger partial charge in [-0.2, -0.15) is 0 Å². The fourth-order valence-electron chi connectivity index (χ4n) is 2.74. The minimum absolute atomic E-state index is 0.0297. The summed E-state index contributed by atoms with van der Waals surface area (Å²) >= 11 is 0. The molecule has 0 spiro atoms. The average molecular weight is 356 g/mol. The van der Waals surface area contributed by atoms with Gasteiger partial charge in [-0.25, -0.2) is 9.18 Å². The molecule has 1 amide bonds. The fourth-order valence-corrected chi connectivity index (χ4v) is 2.74. The van der Waals surface area contributed by atoms with Crippen LogP contribution in [0.2, 0.25) is 0 Å². The molecule has 1 aliphatic carbocycles. The average Bonchev–Trinajstić information content (AvgIpc) is 2.54. The number of amides is 1. The van der Waals surface area contributed by atoms with Gasteiger partial charge in [-0.1, -0.05) is 13.8 Å². The predicted octanol–water partition coefficient (Wildman–Crippen LogP) is 0.795. The summed E-state index contributed by atoms with van der Waals surface area (Å²) in [6.07, 6.45) is 2.83. The van der Waals surface area contributed by atoms with E-state index in [4.69, 9.17) is 15.9 Å². The quantitative estimate of drug-likeness (QED) is 0.248. The van der Waals surface area contributed by atoms with Crippen molar-refractivity contribution in [3.05, 3.63) is 24.1 Å². The number of halogens is 1. The largest absolute Gasteiger partial charge is 0.478 e. The monoisotopic (exact) mass is 356 g/mol. The van der Waals surface area contributed by atoms with E-state index in [-0.39, 0.29) is 30.4 Å². The Balaban J connectivity index is 3.17. The second kappa shape index (κ2) is 9.77. The lowest BCUT2D eigenvalue weighted by Gasteiger charge is -2.38. The predicted molar refractivity (Wildman–Crippen MR) is 90.6 cm³/mol. The summed E-state index contributed by atoms with van der Waals surface area (Å²) in [5.74, 6) is -2.16. The van der Waals surface area contributed by atoms with Crippen LogP contribution >= 0.6 is 0 Å². The number of carboxylic acid groups (broad SMARTS) is 1. The summed E-state index contributed by atoms with van der Waals surface area (Å²) in [5, 5.41) is 22.0. The summed E-state index contributed by atoms with van der Waals surface area (Å²) in [4.78, 5) is 23.2. The highest BCUT2D eigenvalue weighted by molar-refractivity contribution is 5.89. The zero-order valence-corrected chi connectivity index (χ0v) is 14.3. The number of carbonyl (C=O) groups excluding carboxylic acids is 1. The van der Waals surface area contributed by atoms with Crippen molar-refractivity contribution in [2.45, 2.75) is 57.4 Å². The van der Waals surface area contributed by atoms with Crippen LogP contribution in [0.25, 0.3) is 0 Å². The van der Waals surface area contributed by atoms with Crippen LogP contribution in [0.15, 0.2) is 24.1 Å². The minimum Gasteiger partial charge on any atom is -0.478 e. The highest BCUT2D eigenvalue weighted by Crippen LogP contribution is 2.24. The number of rotatable bonds is 8. The number of nitrogens with two attached hydrogens (primary N) is 1. The molecular weight excluding hydrogens is 331 g/mol. The number of ether oxygens (including phenoxy) is 1. The van der Waals surface area contributed by atoms with E-state index in [9.17, 15) is 19.1 Å². The summed E-state index contributed by atoms with van der Waals surface area (Å²) in [6, 6.07) is -1.39. The molecule has 0 heterocycles. The van der Waals surface area contributed by atoms with E-state index in [0.29, 0.717) is 12.8 Å². The molecule has 8 nitrogen and oxygen atoms in total. The molecule has 0 aromatic heterocycles. The zero-order chi connectivity index (χ0) is 19.0. The molecule has 9 heteroatoms. The van der Waals surface area contributed by atoms with Crippen LogP contribution in [0, 0.1) is 5.41 Å². The molecule has 25 heavy (non-hydrogen) atoms. The van der Waals surface area contributed by atoms with Crippen LogP contribution in [-0.2, 0) is 14.3 Å². The molecule has 1 aliphatic rings. The smallest absolute Gasteiger partial charge is 0.331 e. The highest BCUT2D eigenvalue weighted by Gasteiger charge is 2.37. The van der Waals surface area contributed by atoms with E-state index in [1.165, 1.54) is 6.08 Å². The molecule has 6 N–H and O–H groups in total. The number of aliphatic carboxylic acids is 1. The van der Waals surface area contributed by atoms with Crippen molar-refractivity contribution in [3.8, 4) is 0 Å². The summed E-state index contributed by atoms with van der Waals surface area (Å²) in [7, 11) is 0. The molecule has 1 rings (SSSR count). The van der Waals surface area contributed by atoms with Crippen molar-refractivity contribution in [2.75, 3.05) is 0 Å². The Morgan fingerprint density at radius 1 is 1.48 bits per heavy atom. The second-order valence-electron chi connectivity index (χ2n) is 5.73. The summed E-state index contributed by atoms with van der Waals surface area (Å²) in [6.45, 7) is 3.87. The SMILES string of the molecule is CCC(CC)O[C@@H]1C=C(C(=O)O)C[C@H](NC(=N)N)[C@H]1NC(=O)C=CF. The number of nitrogens with one attached hydrogen (secondary N) is 3. The molecular formula is C16H25FN4O4. The van der Waals surface area contributed by atoms with E-state index >= 15 is 0 Å². The number of carboxylic acids is 1. The van der Waals surface area contributed by atoms with Gasteiger partial charge in [0, 0.05) is 18.1 Å². The maximum absolute atomic E-state index is 12.3. The van der Waals surface area contributed by atoms with Crippen LogP contribution in [0.1, 0.15) is 33.1 Å². The first-order valence-electron chi connectivity index (χ1n) is 8.09. The molecule has 0 bridgehead atoms. The van der Waals surface area contributed by atoms with Crippen LogP contribution < -0.4 is 16.4 Å². The third-order valence-corrected chi connectivity index (χ3v) is 3.99. The number of guanidine groups is 1. The lowest BCUT2D eigenvalue weighted by atomic mass is 9.87. The second-order valence-corrected chi connectivity index (χ2v) is 5.73. The molecule has 0 saturated heterocycles. The fraction of sp³-hybridized carbons (Fsp3) is 0.562. The van der Waals surface area contributed by atoms with Gasteiger partial charge in [-0.15, -0.1) is 0 Å². The Morgan fingerprint density at radius 3 is 2.60 bits per heavy atom. The van der Waals surface area contributed by atoms with Gasteiger partial charge >= 0.3 is 5.97 Å². The molecule has 140 valence electrons. The van der Waals surface area contributed by atoms with Crippen LogP contribution in [0.4, 0.5) is 4.39 Å². The van der Waals surface area contributed by atoms with E-state index in [1.54, 1.807) is 0 Å². The molecule has 0 aromatic carbocycles. The molecule has 0 unspecified atom stereocenters. The third-order valence-electron chi connectivity index (χ3n) is 3.99. The Kier molecular flexibility index (Phi) is 8.06. The van der Waals surface area contributed by atoms with Gasteiger partial charge < -0.3 is 26.2 Å². The van der Waals surface area contributed by atoms with Gasteiger partial charge in [-0.05, 0) is 18.9 Å².